The van der Waals surface area contributed by atoms with Crippen molar-refractivity contribution in [3.8, 4) is 0 Å². The second-order valence-corrected chi connectivity index (χ2v) is 7.43. The molecule has 0 unspecified atom stereocenters. The first-order valence-corrected chi connectivity index (χ1v) is 7.66. The van der Waals surface area contributed by atoms with E-state index in [4.69, 9.17) is 11.6 Å². The van der Waals surface area contributed by atoms with Gasteiger partial charge in [-0.1, -0.05) is 37.6 Å². The van der Waals surface area contributed by atoms with Gasteiger partial charge in [-0.2, -0.15) is 0 Å². The van der Waals surface area contributed by atoms with Crippen molar-refractivity contribution in [1.29, 1.82) is 0 Å². The van der Waals surface area contributed by atoms with Crippen LogP contribution in [0, 0.1) is 5.82 Å². The summed E-state index contributed by atoms with van der Waals surface area (Å²) in [5, 5.41) is 10.2. The van der Waals surface area contributed by atoms with Gasteiger partial charge in [-0.3, -0.25) is 0 Å². The van der Waals surface area contributed by atoms with Crippen LogP contribution in [0.1, 0.15) is 31.9 Å². The number of aliphatic hydroxyl groups is 1. The van der Waals surface area contributed by atoms with Crippen molar-refractivity contribution in [2.75, 3.05) is 5.75 Å². The fraction of sp³-hybridized carbons (Fsp3) is 0.500. The highest BCUT2D eigenvalue weighted by Gasteiger charge is 2.46. The Morgan fingerprint density at radius 2 is 2.06 bits per heavy atom. The summed E-state index contributed by atoms with van der Waals surface area (Å²) in [7, 11) is -3.68. The molecule has 0 aliphatic rings. The zero-order valence-electron chi connectivity index (χ0n) is 10.2. The first kappa shape index (κ1) is 15.4. The van der Waals surface area contributed by atoms with Gasteiger partial charge < -0.3 is 5.11 Å². The van der Waals surface area contributed by atoms with Crippen LogP contribution in [0.3, 0.4) is 0 Å². The average molecular weight is 295 g/mol. The van der Waals surface area contributed by atoms with Crippen molar-refractivity contribution in [2.45, 2.75) is 30.6 Å². The van der Waals surface area contributed by atoms with E-state index in [-0.39, 0.29) is 17.7 Å². The number of sulfone groups is 1. The molecule has 18 heavy (non-hydrogen) atoms. The summed E-state index contributed by atoms with van der Waals surface area (Å²) in [5.41, 5.74) is 0.156. The third-order valence-corrected chi connectivity index (χ3v) is 6.44. The van der Waals surface area contributed by atoms with Crippen LogP contribution < -0.4 is 0 Å². The van der Waals surface area contributed by atoms with Gasteiger partial charge in [-0.25, -0.2) is 12.8 Å². The summed E-state index contributed by atoms with van der Waals surface area (Å²) in [6, 6.07) is 5.15. The van der Waals surface area contributed by atoms with Crippen molar-refractivity contribution < 1.29 is 17.9 Å². The molecule has 1 aromatic carbocycles. The van der Waals surface area contributed by atoms with Crippen LogP contribution in [0.2, 0.25) is 0 Å². The molecule has 3 nitrogen and oxygen atoms in total. The molecular formula is C12H16ClFO3S. The first-order chi connectivity index (χ1) is 8.28. The van der Waals surface area contributed by atoms with Crippen LogP contribution in [0.15, 0.2) is 24.3 Å². The van der Waals surface area contributed by atoms with E-state index in [9.17, 15) is 17.9 Å². The van der Waals surface area contributed by atoms with Gasteiger partial charge in [-0.05, 0) is 24.1 Å². The van der Waals surface area contributed by atoms with E-state index < -0.39 is 26.0 Å². The normalized spacial score (nSPS) is 17.2. The Morgan fingerprint density at radius 3 is 2.50 bits per heavy atom. The molecule has 0 spiro atoms. The molecule has 0 aliphatic carbocycles. The number of rotatable bonds is 5. The Bertz CT molecular complexity index is 518. The van der Waals surface area contributed by atoms with Gasteiger partial charge in [0.1, 0.15) is 11.9 Å². The van der Waals surface area contributed by atoms with Gasteiger partial charge in [-0.15, -0.1) is 0 Å². The predicted molar refractivity (Wildman–Crippen MR) is 69.7 cm³/mol. The molecule has 0 aromatic heterocycles. The van der Waals surface area contributed by atoms with Crippen molar-refractivity contribution in [3.05, 3.63) is 35.6 Å². The second-order valence-electron chi connectivity index (χ2n) is 4.00. The molecule has 2 atom stereocenters. The monoisotopic (exact) mass is 294 g/mol. The summed E-state index contributed by atoms with van der Waals surface area (Å²) >= 11 is 6.09. The lowest BCUT2D eigenvalue weighted by Gasteiger charge is -2.30. The molecule has 0 saturated carbocycles. The highest BCUT2D eigenvalue weighted by atomic mass is 35.5. The standard InChI is InChI=1S/C12H16ClFO3S/c1-3-12(13,18(16,17)4-2)11(15)9-6-5-7-10(14)8-9/h5-8,11,15H,3-4H2,1-2H3/t11-,12-/m0/s1. The number of alkyl halides is 1. The van der Waals surface area contributed by atoms with Gasteiger partial charge in [0, 0.05) is 5.75 Å². The molecule has 0 heterocycles. The molecule has 0 fully saturated rings. The van der Waals surface area contributed by atoms with E-state index in [1.54, 1.807) is 6.92 Å². The van der Waals surface area contributed by atoms with E-state index in [1.807, 2.05) is 0 Å². The number of hydrogen-bond donors (Lipinski definition) is 1. The molecule has 0 aliphatic heterocycles. The fourth-order valence-electron chi connectivity index (χ4n) is 1.75. The lowest BCUT2D eigenvalue weighted by atomic mass is 10.0. The predicted octanol–water partition coefficient (Wildman–Crippen LogP) is 2.64. The van der Waals surface area contributed by atoms with Gasteiger partial charge in [0.2, 0.25) is 0 Å². The molecule has 1 rings (SSSR count). The summed E-state index contributed by atoms with van der Waals surface area (Å²) in [5.74, 6) is -0.730. The van der Waals surface area contributed by atoms with Gasteiger partial charge in [0.25, 0.3) is 0 Å². The van der Waals surface area contributed by atoms with E-state index in [0.717, 1.165) is 6.07 Å². The highest BCUT2D eigenvalue weighted by Crippen LogP contribution is 2.40. The molecule has 0 radical (unpaired) electrons. The summed E-state index contributed by atoms with van der Waals surface area (Å²) in [4.78, 5) is 0. The molecule has 0 amide bonds. The zero-order valence-corrected chi connectivity index (χ0v) is 11.8. The lowest BCUT2D eigenvalue weighted by molar-refractivity contribution is 0.154. The van der Waals surface area contributed by atoms with Crippen LogP contribution in [0.25, 0.3) is 0 Å². The van der Waals surface area contributed by atoms with Crippen LogP contribution in [-0.4, -0.2) is 23.5 Å². The van der Waals surface area contributed by atoms with Gasteiger partial charge in [0.15, 0.2) is 14.0 Å². The molecular weight excluding hydrogens is 279 g/mol. The van der Waals surface area contributed by atoms with Gasteiger partial charge >= 0.3 is 0 Å². The second kappa shape index (κ2) is 5.55. The molecule has 1 aromatic rings. The number of aliphatic hydroxyl groups excluding tert-OH is 1. The minimum Gasteiger partial charge on any atom is -0.385 e. The molecule has 0 saturated heterocycles. The minimum absolute atomic E-state index is 0.0302. The van der Waals surface area contributed by atoms with Crippen LogP contribution >= 0.6 is 11.6 Å². The van der Waals surface area contributed by atoms with Crippen LogP contribution in [0.5, 0.6) is 0 Å². The lowest BCUT2D eigenvalue weighted by Crippen LogP contribution is -2.39. The van der Waals surface area contributed by atoms with Crippen molar-refractivity contribution in [1.82, 2.24) is 0 Å². The van der Waals surface area contributed by atoms with E-state index in [0.29, 0.717) is 0 Å². The Morgan fingerprint density at radius 1 is 1.44 bits per heavy atom. The summed E-state index contributed by atoms with van der Waals surface area (Å²) in [6.45, 7) is 3.03. The smallest absolute Gasteiger partial charge is 0.175 e. The number of benzene rings is 1. The third-order valence-electron chi connectivity index (χ3n) is 2.95. The van der Waals surface area contributed by atoms with E-state index >= 15 is 0 Å². The van der Waals surface area contributed by atoms with Crippen molar-refractivity contribution >= 4 is 21.4 Å². The number of hydrogen-bond acceptors (Lipinski definition) is 3. The molecule has 1 N–H and O–H groups in total. The molecule has 6 heteroatoms. The average Bonchev–Trinajstić information content (AvgIpc) is 2.36. The molecule has 102 valence electrons. The quantitative estimate of drug-likeness (QED) is 0.850. The topological polar surface area (TPSA) is 54.4 Å². The van der Waals surface area contributed by atoms with Crippen molar-refractivity contribution in [3.63, 3.8) is 0 Å². The zero-order chi connectivity index (χ0) is 14.0. The highest BCUT2D eigenvalue weighted by molar-refractivity contribution is 7.94. The maximum atomic E-state index is 13.1. The van der Waals surface area contributed by atoms with Crippen LogP contribution in [-0.2, 0) is 9.84 Å². The Balaban J connectivity index is 3.26. The Kier molecular flexibility index (Phi) is 4.75. The maximum absolute atomic E-state index is 13.1. The summed E-state index contributed by atoms with van der Waals surface area (Å²) in [6.07, 6.45) is -1.44. The first-order valence-electron chi connectivity index (χ1n) is 5.63. The van der Waals surface area contributed by atoms with Gasteiger partial charge in [0.05, 0.1) is 0 Å². The minimum atomic E-state index is -3.68. The Hall–Kier alpha value is -0.650. The number of halogens is 2. The molecule has 0 bridgehead atoms. The van der Waals surface area contributed by atoms with E-state index in [2.05, 4.69) is 0 Å². The van der Waals surface area contributed by atoms with Crippen LogP contribution in [0.4, 0.5) is 4.39 Å². The van der Waals surface area contributed by atoms with E-state index in [1.165, 1.54) is 25.1 Å². The fourth-order valence-corrected chi connectivity index (χ4v) is 3.60. The maximum Gasteiger partial charge on any atom is 0.175 e. The summed E-state index contributed by atoms with van der Waals surface area (Å²) < 4.78 is 35.2. The third kappa shape index (κ3) is 2.68. The largest absolute Gasteiger partial charge is 0.385 e. The SMILES string of the molecule is CC[C@@](Cl)([C@@H](O)c1cccc(F)c1)S(=O)(=O)CC. The Labute approximate surface area is 112 Å². The van der Waals surface area contributed by atoms with Crippen molar-refractivity contribution in [2.24, 2.45) is 0 Å².